The van der Waals surface area contributed by atoms with Gasteiger partial charge in [0, 0.05) is 29.4 Å². The number of carbonyl (C=O) groups excluding carboxylic acids is 1. The molecule has 1 N–H and O–H groups in total. The topological polar surface area (TPSA) is 53.4 Å². The molecule has 0 aliphatic carbocycles. The van der Waals surface area contributed by atoms with Crippen molar-refractivity contribution in [3.63, 3.8) is 0 Å². The predicted octanol–water partition coefficient (Wildman–Crippen LogP) is 1.62. The summed E-state index contributed by atoms with van der Waals surface area (Å²) in [5, 5.41) is 16.1. The van der Waals surface area contributed by atoms with Crippen LogP contribution in [0.5, 0.6) is 0 Å². The summed E-state index contributed by atoms with van der Waals surface area (Å²) in [6.45, 7) is 0.917. The van der Waals surface area contributed by atoms with E-state index >= 15 is 0 Å². The number of hydrogen-bond acceptors (Lipinski definition) is 5. The van der Waals surface area contributed by atoms with Gasteiger partial charge in [0.15, 0.2) is 0 Å². The third-order valence-corrected chi connectivity index (χ3v) is 4.49. The largest absolute Gasteiger partial charge is 0.389 e. The van der Waals surface area contributed by atoms with E-state index in [9.17, 15) is 4.79 Å². The van der Waals surface area contributed by atoms with Crippen molar-refractivity contribution < 1.29 is 9.90 Å². The summed E-state index contributed by atoms with van der Waals surface area (Å²) in [6.07, 6.45) is -0.0152. The fraction of sp³-hybridized carbons (Fsp3) is 0.333. The lowest BCUT2D eigenvalue weighted by Gasteiger charge is -2.35. The Balaban J connectivity index is 1.65. The highest BCUT2D eigenvalue weighted by molar-refractivity contribution is 7.14. The Kier molecular flexibility index (Phi) is 3.15. The van der Waals surface area contributed by atoms with Crippen molar-refractivity contribution in [2.45, 2.75) is 12.5 Å². The number of β-amino-alcohol motifs (C(OH)–C–C–N with tert-alkyl or cyclic N) is 1. The molecule has 0 saturated carbocycles. The second-order valence-electron chi connectivity index (χ2n) is 4.29. The van der Waals surface area contributed by atoms with Gasteiger partial charge in [0.1, 0.15) is 5.01 Å². The number of thiophene rings is 1. The van der Waals surface area contributed by atoms with Gasteiger partial charge in [0.2, 0.25) is 5.91 Å². The van der Waals surface area contributed by atoms with E-state index in [1.807, 2.05) is 16.8 Å². The van der Waals surface area contributed by atoms with Crippen LogP contribution in [-0.2, 0) is 11.2 Å². The van der Waals surface area contributed by atoms with Crippen LogP contribution in [0.3, 0.4) is 0 Å². The first-order valence-electron chi connectivity index (χ1n) is 5.65. The van der Waals surface area contributed by atoms with Gasteiger partial charge < -0.3 is 10.0 Å². The number of hydrogen-bond donors (Lipinski definition) is 1. The van der Waals surface area contributed by atoms with Gasteiger partial charge in [-0.1, -0.05) is 0 Å². The summed E-state index contributed by atoms with van der Waals surface area (Å²) >= 11 is 3.20. The van der Waals surface area contributed by atoms with E-state index in [-0.39, 0.29) is 12.0 Å². The average molecular weight is 280 g/mol. The molecule has 1 aliphatic heterocycles. The molecule has 3 rings (SSSR count). The van der Waals surface area contributed by atoms with Crippen LogP contribution in [0.2, 0.25) is 0 Å². The predicted molar refractivity (Wildman–Crippen MR) is 71.7 cm³/mol. The number of aromatic nitrogens is 1. The Labute approximate surface area is 113 Å². The molecule has 1 fully saturated rings. The minimum Gasteiger partial charge on any atom is -0.389 e. The van der Waals surface area contributed by atoms with Crippen LogP contribution < -0.4 is 0 Å². The first-order chi connectivity index (χ1) is 8.72. The van der Waals surface area contributed by atoms with E-state index in [1.54, 1.807) is 27.6 Å². The van der Waals surface area contributed by atoms with Crippen LogP contribution >= 0.6 is 22.7 Å². The monoisotopic (exact) mass is 280 g/mol. The Hall–Kier alpha value is -1.24. The average Bonchev–Trinajstić information content (AvgIpc) is 2.93. The number of amides is 1. The molecule has 94 valence electrons. The van der Waals surface area contributed by atoms with Crippen molar-refractivity contribution in [3.8, 4) is 10.6 Å². The molecule has 2 aromatic heterocycles. The lowest BCUT2D eigenvalue weighted by Crippen LogP contribution is -2.53. The molecule has 1 aliphatic rings. The van der Waals surface area contributed by atoms with Gasteiger partial charge in [-0.05, 0) is 11.4 Å². The quantitative estimate of drug-likeness (QED) is 0.929. The van der Waals surface area contributed by atoms with Crippen molar-refractivity contribution in [2.75, 3.05) is 13.1 Å². The third-order valence-electron chi connectivity index (χ3n) is 2.87. The SMILES string of the molecule is O=C(Cc1csc(-c2ccsc2)n1)N1CC(O)C1. The zero-order chi connectivity index (χ0) is 12.5. The molecule has 0 aromatic carbocycles. The first kappa shape index (κ1) is 11.8. The molecule has 6 heteroatoms. The third kappa shape index (κ3) is 2.31. The number of carbonyl (C=O) groups is 1. The molecule has 0 spiro atoms. The molecule has 18 heavy (non-hydrogen) atoms. The van der Waals surface area contributed by atoms with E-state index in [2.05, 4.69) is 10.4 Å². The van der Waals surface area contributed by atoms with E-state index in [1.165, 1.54) is 0 Å². The summed E-state index contributed by atoms with van der Waals surface area (Å²) in [6, 6.07) is 2.03. The molecule has 1 saturated heterocycles. The Bertz CT molecular complexity index is 544. The molecule has 4 nitrogen and oxygen atoms in total. The van der Waals surface area contributed by atoms with Gasteiger partial charge in [-0.25, -0.2) is 4.98 Å². The van der Waals surface area contributed by atoms with Crippen LogP contribution in [0.15, 0.2) is 22.2 Å². The number of nitrogens with zero attached hydrogens (tertiary/aromatic N) is 2. The Morgan fingerprint density at radius 2 is 2.33 bits per heavy atom. The van der Waals surface area contributed by atoms with Crippen LogP contribution in [-0.4, -0.2) is 40.1 Å². The number of aliphatic hydroxyl groups excluding tert-OH is 1. The van der Waals surface area contributed by atoms with Gasteiger partial charge in [-0.15, -0.1) is 11.3 Å². The first-order valence-corrected chi connectivity index (χ1v) is 7.47. The number of rotatable bonds is 3. The molecule has 0 bridgehead atoms. The second kappa shape index (κ2) is 4.79. The summed E-state index contributed by atoms with van der Waals surface area (Å²) in [5.41, 5.74) is 1.93. The fourth-order valence-electron chi connectivity index (χ4n) is 1.83. The molecule has 0 atom stereocenters. The molecule has 0 unspecified atom stereocenters. The van der Waals surface area contributed by atoms with Crippen molar-refractivity contribution >= 4 is 28.6 Å². The maximum absolute atomic E-state index is 11.8. The molecule has 2 aromatic rings. The highest BCUT2D eigenvalue weighted by Gasteiger charge is 2.28. The Morgan fingerprint density at radius 1 is 1.50 bits per heavy atom. The maximum atomic E-state index is 11.8. The number of likely N-dealkylation sites (tertiary alicyclic amines) is 1. The van der Waals surface area contributed by atoms with E-state index in [0.29, 0.717) is 19.5 Å². The van der Waals surface area contributed by atoms with Gasteiger partial charge in [-0.3, -0.25) is 4.79 Å². The minimum atomic E-state index is -0.342. The van der Waals surface area contributed by atoms with Gasteiger partial charge in [0.05, 0.1) is 18.2 Å². The van der Waals surface area contributed by atoms with Crippen molar-refractivity contribution in [1.29, 1.82) is 0 Å². The summed E-state index contributed by atoms with van der Waals surface area (Å²) in [7, 11) is 0. The lowest BCUT2D eigenvalue weighted by atomic mass is 10.1. The van der Waals surface area contributed by atoms with Crippen LogP contribution in [0.4, 0.5) is 0 Å². The summed E-state index contributed by atoms with van der Waals surface area (Å²) in [4.78, 5) is 17.9. The maximum Gasteiger partial charge on any atom is 0.228 e. The van der Waals surface area contributed by atoms with E-state index < -0.39 is 0 Å². The molecular weight excluding hydrogens is 268 g/mol. The van der Waals surface area contributed by atoms with E-state index in [0.717, 1.165) is 16.3 Å². The van der Waals surface area contributed by atoms with Crippen molar-refractivity contribution in [2.24, 2.45) is 0 Å². The molecular formula is C12H12N2O2S2. The number of thiazole rings is 1. The lowest BCUT2D eigenvalue weighted by molar-refractivity contribution is -0.140. The van der Waals surface area contributed by atoms with Crippen molar-refractivity contribution in [3.05, 3.63) is 27.9 Å². The normalized spacial score (nSPS) is 15.7. The smallest absolute Gasteiger partial charge is 0.228 e. The summed E-state index contributed by atoms with van der Waals surface area (Å²) in [5.74, 6) is 0.0440. The van der Waals surface area contributed by atoms with Crippen molar-refractivity contribution in [1.82, 2.24) is 9.88 Å². The Morgan fingerprint density at radius 3 is 3.00 bits per heavy atom. The van der Waals surface area contributed by atoms with Gasteiger partial charge >= 0.3 is 0 Å². The standard InChI is InChI=1S/C12H12N2O2S2/c15-10-4-14(5-10)11(16)3-9-7-18-12(13-9)8-1-2-17-6-8/h1-2,6-7,10,15H,3-5H2. The van der Waals surface area contributed by atoms with E-state index in [4.69, 9.17) is 5.11 Å². The van der Waals surface area contributed by atoms with Crippen LogP contribution in [0.25, 0.3) is 10.6 Å². The molecule has 3 heterocycles. The second-order valence-corrected chi connectivity index (χ2v) is 5.92. The van der Waals surface area contributed by atoms with Gasteiger partial charge in [0.25, 0.3) is 0 Å². The zero-order valence-electron chi connectivity index (χ0n) is 9.57. The molecule has 1 amide bonds. The number of aliphatic hydroxyl groups is 1. The fourth-order valence-corrected chi connectivity index (χ4v) is 3.36. The van der Waals surface area contributed by atoms with Crippen LogP contribution in [0.1, 0.15) is 5.69 Å². The highest BCUT2D eigenvalue weighted by atomic mass is 32.1. The minimum absolute atomic E-state index is 0.0440. The highest BCUT2D eigenvalue weighted by Crippen LogP contribution is 2.26. The summed E-state index contributed by atoms with van der Waals surface area (Å²) < 4.78 is 0. The zero-order valence-corrected chi connectivity index (χ0v) is 11.2. The molecule has 0 radical (unpaired) electrons. The van der Waals surface area contributed by atoms with Gasteiger partial charge in [-0.2, -0.15) is 11.3 Å². The van der Waals surface area contributed by atoms with Crippen LogP contribution in [0, 0.1) is 0 Å².